The molecular weight excluding hydrogens is 231 g/mol. The largest absolute Gasteiger partial charge is 0.399 e. The molecular formula is C10H9FN2S2. The van der Waals surface area contributed by atoms with Crippen LogP contribution in [0.2, 0.25) is 0 Å². The van der Waals surface area contributed by atoms with Crippen LogP contribution < -0.4 is 5.73 Å². The monoisotopic (exact) mass is 240 g/mol. The SMILES string of the molecule is Nc1ccc(SCc2cscn2)c(F)c1. The molecule has 0 amide bonds. The molecule has 0 bridgehead atoms. The molecule has 0 aliphatic carbocycles. The summed E-state index contributed by atoms with van der Waals surface area (Å²) in [5.41, 5.74) is 8.65. The van der Waals surface area contributed by atoms with Crippen molar-refractivity contribution in [1.82, 2.24) is 4.98 Å². The summed E-state index contributed by atoms with van der Waals surface area (Å²) < 4.78 is 13.4. The van der Waals surface area contributed by atoms with Gasteiger partial charge in [-0.05, 0) is 18.2 Å². The van der Waals surface area contributed by atoms with Gasteiger partial charge >= 0.3 is 0 Å². The normalized spacial score (nSPS) is 10.5. The van der Waals surface area contributed by atoms with Gasteiger partial charge in [-0.2, -0.15) is 0 Å². The van der Waals surface area contributed by atoms with E-state index in [2.05, 4.69) is 4.98 Å². The highest BCUT2D eigenvalue weighted by molar-refractivity contribution is 7.98. The first-order valence-electron chi connectivity index (χ1n) is 4.30. The Morgan fingerprint density at radius 3 is 3.00 bits per heavy atom. The molecule has 0 spiro atoms. The molecule has 0 radical (unpaired) electrons. The number of aromatic nitrogens is 1. The second-order valence-corrected chi connectivity index (χ2v) is 4.69. The zero-order valence-electron chi connectivity index (χ0n) is 7.81. The molecule has 0 aliphatic heterocycles. The highest BCUT2D eigenvalue weighted by Gasteiger charge is 2.04. The van der Waals surface area contributed by atoms with Crippen LogP contribution in [0, 0.1) is 5.82 Å². The van der Waals surface area contributed by atoms with Gasteiger partial charge in [0, 0.05) is 21.7 Å². The van der Waals surface area contributed by atoms with Crippen molar-refractivity contribution in [3.63, 3.8) is 0 Å². The molecule has 1 aromatic heterocycles. The van der Waals surface area contributed by atoms with Crippen molar-refractivity contribution in [3.8, 4) is 0 Å². The van der Waals surface area contributed by atoms with Crippen molar-refractivity contribution in [2.75, 3.05) is 5.73 Å². The molecule has 0 saturated carbocycles. The first-order valence-corrected chi connectivity index (χ1v) is 6.23. The molecule has 0 saturated heterocycles. The number of nitrogens with zero attached hydrogens (tertiary/aromatic N) is 1. The van der Waals surface area contributed by atoms with Crippen LogP contribution in [0.1, 0.15) is 5.69 Å². The van der Waals surface area contributed by atoms with E-state index < -0.39 is 0 Å². The summed E-state index contributed by atoms with van der Waals surface area (Å²) in [5.74, 6) is 0.417. The maximum absolute atomic E-state index is 13.4. The molecule has 2 nitrogen and oxygen atoms in total. The summed E-state index contributed by atoms with van der Waals surface area (Å²) >= 11 is 2.97. The van der Waals surface area contributed by atoms with Crippen LogP contribution in [0.4, 0.5) is 10.1 Å². The Bertz CT molecular complexity index is 443. The van der Waals surface area contributed by atoms with Gasteiger partial charge in [0.2, 0.25) is 0 Å². The predicted molar refractivity (Wildman–Crippen MR) is 62.5 cm³/mol. The van der Waals surface area contributed by atoms with Gasteiger partial charge in [0.05, 0.1) is 11.2 Å². The zero-order chi connectivity index (χ0) is 10.7. The average Bonchev–Trinajstić information content (AvgIpc) is 2.69. The van der Waals surface area contributed by atoms with Crippen LogP contribution >= 0.6 is 23.1 Å². The van der Waals surface area contributed by atoms with Crippen LogP contribution in [0.5, 0.6) is 0 Å². The molecule has 78 valence electrons. The highest BCUT2D eigenvalue weighted by Crippen LogP contribution is 2.26. The van der Waals surface area contributed by atoms with E-state index in [-0.39, 0.29) is 5.82 Å². The van der Waals surface area contributed by atoms with Gasteiger partial charge < -0.3 is 5.73 Å². The third-order valence-corrected chi connectivity index (χ3v) is 3.53. The molecule has 5 heteroatoms. The second-order valence-electron chi connectivity index (χ2n) is 2.96. The lowest BCUT2D eigenvalue weighted by molar-refractivity contribution is 0.602. The summed E-state index contributed by atoms with van der Waals surface area (Å²) in [5, 5.41) is 1.96. The lowest BCUT2D eigenvalue weighted by Crippen LogP contribution is -1.88. The minimum absolute atomic E-state index is 0.268. The third kappa shape index (κ3) is 2.70. The number of rotatable bonds is 3. The van der Waals surface area contributed by atoms with Gasteiger partial charge in [0.15, 0.2) is 0 Å². The van der Waals surface area contributed by atoms with Crippen LogP contribution in [-0.2, 0) is 5.75 Å². The number of thiazole rings is 1. The number of benzene rings is 1. The Hall–Kier alpha value is -1.07. The molecule has 0 fully saturated rings. The molecule has 15 heavy (non-hydrogen) atoms. The number of hydrogen-bond donors (Lipinski definition) is 1. The number of nitrogen functional groups attached to an aromatic ring is 1. The summed E-state index contributed by atoms with van der Waals surface area (Å²) in [7, 11) is 0. The Kier molecular flexibility index (Phi) is 3.23. The number of anilines is 1. The van der Waals surface area contributed by atoms with Gasteiger partial charge in [-0.3, -0.25) is 0 Å². The van der Waals surface area contributed by atoms with E-state index in [0.717, 1.165) is 5.69 Å². The van der Waals surface area contributed by atoms with Gasteiger partial charge in [-0.25, -0.2) is 9.37 Å². The Labute approximate surface area is 95.3 Å². The molecule has 2 N–H and O–H groups in total. The molecule has 2 rings (SSSR count). The fourth-order valence-electron chi connectivity index (χ4n) is 1.09. The summed E-state index contributed by atoms with van der Waals surface area (Å²) in [6.07, 6.45) is 0. The van der Waals surface area contributed by atoms with Crippen LogP contribution in [0.15, 0.2) is 34.0 Å². The van der Waals surface area contributed by atoms with E-state index in [1.807, 2.05) is 5.38 Å². The van der Waals surface area contributed by atoms with E-state index in [1.165, 1.54) is 17.8 Å². The molecule has 0 aliphatic rings. The average molecular weight is 240 g/mol. The standard InChI is InChI=1S/C10H9FN2S2/c11-9-3-7(12)1-2-10(9)15-5-8-4-14-6-13-8/h1-4,6H,5,12H2. The van der Waals surface area contributed by atoms with Crippen molar-refractivity contribution in [2.45, 2.75) is 10.6 Å². The molecule has 0 atom stereocenters. The van der Waals surface area contributed by atoms with E-state index in [9.17, 15) is 4.39 Å². The summed E-state index contributed by atoms with van der Waals surface area (Å²) in [6, 6.07) is 4.73. The fraction of sp³-hybridized carbons (Fsp3) is 0.100. The minimum Gasteiger partial charge on any atom is -0.399 e. The predicted octanol–water partition coefficient (Wildman–Crippen LogP) is 3.16. The van der Waals surface area contributed by atoms with Crippen molar-refractivity contribution in [3.05, 3.63) is 40.6 Å². The highest BCUT2D eigenvalue weighted by atomic mass is 32.2. The maximum Gasteiger partial charge on any atom is 0.138 e. The Morgan fingerprint density at radius 2 is 2.33 bits per heavy atom. The minimum atomic E-state index is -0.268. The summed E-state index contributed by atoms with van der Waals surface area (Å²) in [4.78, 5) is 4.74. The van der Waals surface area contributed by atoms with Crippen molar-refractivity contribution in [1.29, 1.82) is 0 Å². The first-order chi connectivity index (χ1) is 7.25. The number of halogens is 1. The molecule has 0 unspecified atom stereocenters. The summed E-state index contributed by atoms with van der Waals surface area (Å²) in [6.45, 7) is 0. The van der Waals surface area contributed by atoms with Crippen LogP contribution in [0.3, 0.4) is 0 Å². The van der Waals surface area contributed by atoms with Crippen molar-refractivity contribution < 1.29 is 4.39 Å². The number of thioether (sulfide) groups is 1. The fourth-order valence-corrected chi connectivity index (χ4v) is 2.58. The smallest absolute Gasteiger partial charge is 0.138 e. The molecule has 1 heterocycles. The van der Waals surface area contributed by atoms with E-state index in [1.54, 1.807) is 29.0 Å². The maximum atomic E-state index is 13.4. The van der Waals surface area contributed by atoms with Gasteiger partial charge in [-0.15, -0.1) is 23.1 Å². The lowest BCUT2D eigenvalue weighted by Gasteiger charge is -2.02. The van der Waals surface area contributed by atoms with E-state index >= 15 is 0 Å². The van der Waals surface area contributed by atoms with E-state index in [0.29, 0.717) is 16.3 Å². The number of hydrogen-bond acceptors (Lipinski definition) is 4. The van der Waals surface area contributed by atoms with Gasteiger partial charge in [0.1, 0.15) is 5.82 Å². The third-order valence-electron chi connectivity index (χ3n) is 1.81. The lowest BCUT2D eigenvalue weighted by atomic mass is 10.3. The molecule has 1 aromatic carbocycles. The van der Waals surface area contributed by atoms with Crippen LogP contribution in [0.25, 0.3) is 0 Å². The second kappa shape index (κ2) is 4.63. The topological polar surface area (TPSA) is 38.9 Å². The van der Waals surface area contributed by atoms with Crippen LogP contribution in [-0.4, -0.2) is 4.98 Å². The number of nitrogens with two attached hydrogens (primary N) is 1. The molecule has 2 aromatic rings. The Balaban J connectivity index is 2.05. The quantitative estimate of drug-likeness (QED) is 0.661. The Morgan fingerprint density at radius 1 is 1.47 bits per heavy atom. The first kappa shape index (κ1) is 10.4. The van der Waals surface area contributed by atoms with Crippen molar-refractivity contribution >= 4 is 28.8 Å². The van der Waals surface area contributed by atoms with Gasteiger partial charge in [0.25, 0.3) is 0 Å². The van der Waals surface area contributed by atoms with Crippen molar-refractivity contribution in [2.24, 2.45) is 0 Å². The van der Waals surface area contributed by atoms with Gasteiger partial charge in [-0.1, -0.05) is 0 Å². The van der Waals surface area contributed by atoms with E-state index in [4.69, 9.17) is 5.73 Å². The zero-order valence-corrected chi connectivity index (χ0v) is 9.45.